The summed E-state index contributed by atoms with van der Waals surface area (Å²) in [7, 11) is 0. The van der Waals surface area contributed by atoms with Crippen molar-refractivity contribution in [3.05, 3.63) is 33.0 Å². The summed E-state index contributed by atoms with van der Waals surface area (Å²) in [6.07, 6.45) is 1.70. The zero-order valence-corrected chi connectivity index (χ0v) is 7.74. The Kier molecular flexibility index (Phi) is 1.97. The third-order valence-electron chi connectivity index (χ3n) is 1.52. The smallest absolute Gasteiger partial charge is 0.307 e. The monoisotopic (exact) mass is 197 g/mol. The van der Waals surface area contributed by atoms with E-state index in [0.29, 0.717) is 18.3 Å². The van der Waals surface area contributed by atoms with Crippen molar-refractivity contribution < 1.29 is 4.52 Å². The summed E-state index contributed by atoms with van der Waals surface area (Å²) in [6.45, 7) is 2.09. The summed E-state index contributed by atoms with van der Waals surface area (Å²) in [5, 5.41) is 5.36. The summed E-state index contributed by atoms with van der Waals surface area (Å²) in [5.74, 6) is 1.04. The molecule has 2 heterocycles. The van der Waals surface area contributed by atoms with Crippen LogP contribution < -0.4 is 4.87 Å². The molecule has 5 nitrogen and oxygen atoms in total. The Morgan fingerprint density at radius 2 is 2.54 bits per heavy atom. The molecule has 0 aliphatic carbocycles. The highest BCUT2D eigenvalue weighted by Crippen LogP contribution is 1.99. The molecule has 0 fully saturated rings. The van der Waals surface area contributed by atoms with E-state index in [1.54, 1.807) is 18.5 Å². The molecule has 2 aromatic rings. The fraction of sp³-hybridized carbons (Fsp3) is 0.286. The SMILES string of the molecule is Cc1noc(Cn2ccsc2=O)n1. The maximum atomic E-state index is 11.1. The lowest BCUT2D eigenvalue weighted by Gasteiger charge is -1.92. The molecule has 2 rings (SSSR count). The molecular weight excluding hydrogens is 190 g/mol. The van der Waals surface area contributed by atoms with Gasteiger partial charge in [-0.05, 0) is 6.92 Å². The summed E-state index contributed by atoms with van der Waals surface area (Å²) < 4.78 is 6.40. The molecule has 0 saturated carbocycles. The average molecular weight is 197 g/mol. The lowest BCUT2D eigenvalue weighted by molar-refractivity contribution is 0.367. The standard InChI is InChI=1S/C7H7N3O2S/c1-5-8-6(12-9-5)4-10-2-3-13-7(10)11/h2-3H,4H2,1H3. The van der Waals surface area contributed by atoms with Gasteiger partial charge in [0, 0.05) is 11.6 Å². The van der Waals surface area contributed by atoms with Crippen LogP contribution in [0, 0.1) is 6.92 Å². The van der Waals surface area contributed by atoms with Crippen LogP contribution in [0.5, 0.6) is 0 Å². The van der Waals surface area contributed by atoms with E-state index in [2.05, 4.69) is 10.1 Å². The Balaban J connectivity index is 2.24. The van der Waals surface area contributed by atoms with Crippen LogP contribution in [-0.4, -0.2) is 14.7 Å². The van der Waals surface area contributed by atoms with Gasteiger partial charge in [-0.1, -0.05) is 16.5 Å². The maximum Gasteiger partial charge on any atom is 0.307 e. The van der Waals surface area contributed by atoms with Crippen molar-refractivity contribution >= 4 is 11.3 Å². The number of aryl methyl sites for hydroxylation is 1. The van der Waals surface area contributed by atoms with Gasteiger partial charge in [-0.3, -0.25) is 9.36 Å². The Morgan fingerprint density at radius 1 is 1.69 bits per heavy atom. The number of hydrogen-bond acceptors (Lipinski definition) is 5. The van der Waals surface area contributed by atoms with Crippen LogP contribution in [0.2, 0.25) is 0 Å². The molecule has 0 N–H and O–H groups in total. The summed E-state index contributed by atoms with van der Waals surface area (Å²) in [4.78, 5) is 15.1. The van der Waals surface area contributed by atoms with Crippen LogP contribution in [0.4, 0.5) is 0 Å². The van der Waals surface area contributed by atoms with Crippen LogP contribution in [0.15, 0.2) is 20.9 Å². The van der Waals surface area contributed by atoms with Crippen molar-refractivity contribution in [1.29, 1.82) is 0 Å². The first-order valence-electron chi connectivity index (χ1n) is 3.69. The first-order valence-corrected chi connectivity index (χ1v) is 4.57. The van der Waals surface area contributed by atoms with Gasteiger partial charge in [-0.15, -0.1) is 0 Å². The summed E-state index contributed by atoms with van der Waals surface area (Å²) in [5.41, 5.74) is 0. The predicted molar refractivity (Wildman–Crippen MR) is 46.7 cm³/mol. The topological polar surface area (TPSA) is 60.9 Å². The normalized spacial score (nSPS) is 10.5. The molecule has 0 aliphatic heterocycles. The minimum absolute atomic E-state index is 0.0177. The number of hydrogen-bond donors (Lipinski definition) is 0. The molecule has 0 spiro atoms. The van der Waals surface area contributed by atoms with Gasteiger partial charge in [0.25, 0.3) is 0 Å². The van der Waals surface area contributed by atoms with E-state index in [1.165, 1.54) is 4.57 Å². The van der Waals surface area contributed by atoms with E-state index in [1.807, 2.05) is 0 Å². The van der Waals surface area contributed by atoms with E-state index in [-0.39, 0.29) is 4.87 Å². The molecule has 68 valence electrons. The summed E-state index contributed by atoms with van der Waals surface area (Å²) >= 11 is 1.15. The molecule has 0 radical (unpaired) electrons. The van der Waals surface area contributed by atoms with Gasteiger partial charge in [-0.25, -0.2) is 0 Å². The lowest BCUT2D eigenvalue weighted by Crippen LogP contribution is -2.12. The van der Waals surface area contributed by atoms with Gasteiger partial charge in [0.2, 0.25) is 5.89 Å². The van der Waals surface area contributed by atoms with Gasteiger partial charge < -0.3 is 4.52 Å². The van der Waals surface area contributed by atoms with E-state index < -0.39 is 0 Å². The van der Waals surface area contributed by atoms with Crippen molar-refractivity contribution in [3.8, 4) is 0 Å². The first kappa shape index (κ1) is 8.18. The molecule has 0 atom stereocenters. The van der Waals surface area contributed by atoms with E-state index in [0.717, 1.165) is 11.3 Å². The molecule has 6 heteroatoms. The molecular formula is C7H7N3O2S. The van der Waals surface area contributed by atoms with E-state index >= 15 is 0 Å². The predicted octanol–water partition coefficient (Wildman–Crippen LogP) is 0.650. The van der Waals surface area contributed by atoms with Crippen LogP contribution in [0.3, 0.4) is 0 Å². The minimum Gasteiger partial charge on any atom is -0.337 e. The summed E-state index contributed by atoms with van der Waals surface area (Å²) in [6, 6.07) is 0. The third-order valence-corrected chi connectivity index (χ3v) is 2.21. The van der Waals surface area contributed by atoms with Crippen LogP contribution in [0.25, 0.3) is 0 Å². The Hall–Kier alpha value is -1.43. The molecule has 0 amide bonds. The van der Waals surface area contributed by atoms with Crippen molar-refractivity contribution in [2.45, 2.75) is 13.5 Å². The van der Waals surface area contributed by atoms with Crippen molar-refractivity contribution in [2.75, 3.05) is 0 Å². The lowest BCUT2D eigenvalue weighted by atomic mass is 10.6. The third kappa shape index (κ3) is 1.67. The van der Waals surface area contributed by atoms with E-state index in [9.17, 15) is 4.79 Å². The number of thiazole rings is 1. The molecule has 0 aromatic carbocycles. The van der Waals surface area contributed by atoms with Gasteiger partial charge in [0.1, 0.15) is 6.54 Å². The molecule has 0 unspecified atom stereocenters. The highest BCUT2D eigenvalue weighted by Gasteiger charge is 2.04. The van der Waals surface area contributed by atoms with Crippen LogP contribution >= 0.6 is 11.3 Å². The van der Waals surface area contributed by atoms with Crippen molar-refractivity contribution in [1.82, 2.24) is 14.7 Å². The highest BCUT2D eigenvalue weighted by atomic mass is 32.1. The number of nitrogens with zero attached hydrogens (tertiary/aromatic N) is 3. The Bertz CT molecular complexity index is 456. The second kappa shape index (κ2) is 3.14. The van der Waals surface area contributed by atoms with Crippen molar-refractivity contribution in [3.63, 3.8) is 0 Å². The maximum absolute atomic E-state index is 11.1. The zero-order valence-electron chi connectivity index (χ0n) is 6.93. The van der Waals surface area contributed by atoms with Gasteiger partial charge in [0.05, 0.1) is 0 Å². The highest BCUT2D eigenvalue weighted by molar-refractivity contribution is 7.07. The van der Waals surface area contributed by atoms with Crippen molar-refractivity contribution in [2.24, 2.45) is 0 Å². The second-order valence-corrected chi connectivity index (χ2v) is 3.39. The van der Waals surface area contributed by atoms with Gasteiger partial charge in [-0.2, -0.15) is 4.98 Å². The Morgan fingerprint density at radius 3 is 3.08 bits per heavy atom. The fourth-order valence-electron chi connectivity index (χ4n) is 0.958. The number of rotatable bonds is 2. The van der Waals surface area contributed by atoms with E-state index in [4.69, 9.17) is 4.52 Å². The minimum atomic E-state index is -0.0177. The molecule has 0 aliphatic rings. The Labute approximate surface area is 77.6 Å². The van der Waals surface area contributed by atoms with Gasteiger partial charge >= 0.3 is 4.87 Å². The first-order chi connectivity index (χ1) is 6.25. The number of aromatic nitrogens is 3. The van der Waals surface area contributed by atoms with Gasteiger partial charge in [0.15, 0.2) is 5.82 Å². The largest absolute Gasteiger partial charge is 0.337 e. The van der Waals surface area contributed by atoms with Crippen LogP contribution in [0.1, 0.15) is 11.7 Å². The molecule has 13 heavy (non-hydrogen) atoms. The molecule has 2 aromatic heterocycles. The zero-order chi connectivity index (χ0) is 9.26. The molecule has 0 bridgehead atoms. The quantitative estimate of drug-likeness (QED) is 0.709. The van der Waals surface area contributed by atoms with Crippen LogP contribution in [-0.2, 0) is 6.54 Å². The molecule has 0 saturated heterocycles. The average Bonchev–Trinajstić information content (AvgIpc) is 2.64. The second-order valence-electron chi connectivity index (χ2n) is 2.53. The fourth-order valence-corrected chi connectivity index (χ4v) is 1.54.